The van der Waals surface area contributed by atoms with Gasteiger partial charge in [0.25, 0.3) is 5.91 Å². The number of fused-ring (bicyclic) bond motifs is 6. The molecule has 0 radical (unpaired) electrons. The van der Waals surface area contributed by atoms with E-state index in [9.17, 15) is 34.8 Å². The number of nitrogens with two attached hydrogens (primary N) is 1. The van der Waals surface area contributed by atoms with Crippen LogP contribution in [-0.2, 0) is 20.8 Å². The van der Waals surface area contributed by atoms with Gasteiger partial charge in [0.15, 0.2) is 11.4 Å². The van der Waals surface area contributed by atoms with Crippen LogP contribution in [0.1, 0.15) is 35.6 Å². The fourth-order valence-corrected chi connectivity index (χ4v) is 8.18. The lowest BCUT2D eigenvalue weighted by atomic mass is 9.57. The first-order valence-electron chi connectivity index (χ1n) is 14.6. The second kappa shape index (κ2) is 10.0. The lowest BCUT2D eigenvalue weighted by molar-refractivity contribution is -0.153. The van der Waals surface area contributed by atoms with E-state index in [0.717, 1.165) is 19.5 Å². The average molecular weight is 600 g/mol. The van der Waals surface area contributed by atoms with Crippen LogP contribution >= 0.6 is 0 Å². The predicted octanol–water partition coefficient (Wildman–Crippen LogP) is 0.453. The Morgan fingerprint density at radius 3 is 2.51 bits per heavy atom. The zero-order valence-corrected chi connectivity index (χ0v) is 24.6. The van der Waals surface area contributed by atoms with Gasteiger partial charge in [-0.3, -0.25) is 24.2 Å². The molecule has 2 heterocycles. The Bertz CT molecular complexity index is 1520. The number of likely N-dealkylation sites (N-methyl/N-ethyl adjacent to an activating group) is 2. The van der Waals surface area contributed by atoms with Crippen molar-refractivity contribution < 1.29 is 39.2 Å². The first-order valence-corrected chi connectivity index (χ1v) is 14.6. The third-order valence-corrected chi connectivity index (χ3v) is 10.2. The molecule has 12 nitrogen and oxygen atoms in total. The number of halogens is 1. The average Bonchev–Trinajstić information content (AvgIpc) is 3.35. The van der Waals surface area contributed by atoms with Crippen molar-refractivity contribution in [3.63, 3.8) is 0 Å². The van der Waals surface area contributed by atoms with Crippen molar-refractivity contribution in [3.8, 4) is 5.75 Å². The highest BCUT2D eigenvalue weighted by molar-refractivity contribution is 6.24. The monoisotopic (exact) mass is 599 g/mol. The molecule has 1 saturated heterocycles. The predicted molar refractivity (Wildman–Crippen MR) is 154 cm³/mol. The molecule has 43 heavy (non-hydrogen) atoms. The molecule has 1 amide bonds. The number of phenolic OH excluding ortho intramolecular Hbond substituents is 1. The lowest BCUT2D eigenvalue weighted by Gasteiger charge is -2.50. The first-order chi connectivity index (χ1) is 20.2. The number of nitrogens with zero attached hydrogens (tertiary/aromatic N) is 3. The Hall–Kier alpha value is -3.52. The zero-order chi connectivity index (χ0) is 31.3. The lowest BCUT2D eigenvalue weighted by Crippen LogP contribution is -2.65. The Labute approximate surface area is 248 Å². The summed E-state index contributed by atoms with van der Waals surface area (Å²) in [6.45, 7) is 2.76. The third kappa shape index (κ3) is 3.98. The number of benzene rings is 1. The number of hydrogen-bond donors (Lipinski definition) is 6. The van der Waals surface area contributed by atoms with Gasteiger partial charge in [0.05, 0.1) is 17.3 Å². The van der Waals surface area contributed by atoms with E-state index in [0.29, 0.717) is 18.7 Å². The van der Waals surface area contributed by atoms with Crippen molar-refractivity contribution in [3.05, 3.63) is 39.4 Å². The molecule has 1 aromatic carbocycles. The summed E-state index contributed by atoms with van der Waals surface area (Å²) in [5.74, 6) is -8.00. The molecule has 7 N–H and O–H groups in total. The van der Waals surface area contributed by atoms with Crippen molar-refractivity contribution in [1.29, 1.82) is 0 Å². The van der Waals surface area contributed by atoms with E-state index in [4.69, 9.17) is 5.73 Å². The highest BCUT2D eigenvalue weighted by atomic mass is 19.1. The van der Waals surface area contributed by atoms with Crippen molar-refractivity contribution in [2.24, 2.45) is 23.5 Å². The van der Waals surface area contributed by atoms with Crippen LogP contribution in [0.3, 0.4) is 0 Å². The van der Waals surface area contributed by atoms with Gasteiger partial charge in [0.2, 0.25) is 5.78 Å². The Kier molecular flexibility index (Phi) is 6.88. The van der Waals surface area contributed by atoms with Gasteiger partial charge < -0.3 is 36.4 Å². The number of phenols is 1. The number of carbonyl (C=O) groups excluding carboxylic acids is 3. The van der Waals surface area contributed by atoms with Crippen molar-refractivity contribution in [1.82, 2.24) is 14.7 Å². The fraction of sp³-hybridized carbons (Fsp3) is 0.567. The van der Waals surface area contributed by atoms with E-state index in [2.05, 4.69) is 15.1 Å². The summed E-state index contributed by atoms with van der Waals surface area (Å²) in [7, 11) is 7.00. The zero-order valence-electron chi connectivity index (χ0n) is 24.6. The summed E-state index contributed by atoms with van der Waals surface area (Å²) in [6, 6.07) is -1.48. The standard InChI is InChI=1S/C30H38FN5O7/c1-34(2)7-8-36-6-5-12-11-33-21-18(22(12)36)20(31)14-9-13-10-15-23(35(3)4)26(39)19(29(32)42)28(41)30(15,43)27(40)16(13)24(37)17(14)25(21)38/h12-13,15,22-23,33,37-38,41,43H,5-11H2,1-4H3,(H2,32,42)/t12?,13-,15-,22?,23-,30-/m0/s1. The van der Waals surface area contributed by atoms with Crippen LogP contribution in [-0.4, -0.2) is 119 Å². The number of anilines is 1. The number of ketones is 2. The van der Waals surface area contributed by atoms with Crippen LogP contribution in [0.2, 0.25) is 0 Å². The molecule has 1 aromatic rings. The van der Waals surface area contributed by atoms with E-state index in [1.165, 1.54) is 19.0 Å². The van der Waals surface area contributed by atoms with Crippen LogP contribution in [0.15, 0.2) is 16.9 Å². The number of rotatable bonds is 5. The summed E-state index contributed by atoms with van der Waals surface area (Å²) in [6.07, 6.45) is 0.678. The number of carbonyl (C=O) groups is 3. The molecule has 2 unspecified atom stereocenters. The molecule has 0 bridgehead atoms. The highest BCUT2D eigenvalue weighted by Gasteiger charge is 2.64. The number of hydrogen-bond acceptors (Lipinski definition) is 11. The Balaban J connectivity index is 1.51. The number of likely N-dealkylation sites (tertiary alicyclic amines) is 1. The van der Waals surface area contributed by atoms with Crippen LogP contribution in [0, 0.1) is 23.6 Å². The Morgan fingerprint density at radius 2 is 1.88 bits per heavy atom. The van der Waals surface area contributed by atoms with Gasteiger partial charge in [-0.25, -0.2) is 4.39 Å². The second-order valence-electron chi connectivity index (χ2n) is 13.0. The van der Waals surface area contributed by atoms with Gasteiger partial charge in [-0.1, -0.05) is 0 Å². The topological polar surface area (TPSA) is 180 Å². The van der Waals surface area contributed by atoms with E-state index >= 15 is 4.39 Å². The third-order valence-electron chi connectivity index (χ3n) is 10.2. The first kappa shape index (κ1) is 29.5. The molecule has 6 atom stereocenters. The minimum absolute atomic E-state index is 0.0591. The number of Topliss-reactive ketones (excluding diaryl/α,β-unsaturated/α-hetero) is 2. The van der Waals surface area contributed by atoms with E-state index in [1.807, 2.05) is 14.1 Å². The van der Waals surface area contributed by atoms with E-state index in [1.54, 1.807) is 0 Å². The maximum atomic E-state index is 16.7. The molecule has 6 rings (SSSR count). The molecule has 5 aliphatic rings. The van der Waals surface area contributed by atoms with Crippen LogP contribution in [0.25, 0.3) is 5.76 Å². The molecule has 0 aromatic heterocycles. The molecular weight excluding hydrogens is 561 g/mol. The minimum atomic E-state index is -2.74. The normalized spacial score (nSPS) is 32.0. The van der Waals surface area contributed by atoms with Crippen LogP contribution in [0.5, 0.6) is 5.75 Å². The number of aliphatic hydroxyl groups excluding tert-OH is 2. The van der Waals surface area contributed by atoms with Gasteiger partial charge in [-0.15, -0.1) is 0 Å². The van der Waals surface area contributed by atoms with Gasteiger partial charge >= 0.3 is 0 Å². The molecule has 2 aliphatic heterocycles. The molecule has 2 fully saturated rings. The highest BCUT2D eigenvalue weighted by Crippen LogP contribution is 2.56. The van der Waals surface area contributed by atoms with Crippen molar-refractivity contribution >= 4 is 28.9 Å². The van der Waals surface area contributed by atoms with Gasteiger partial charge in [-0.2, -0.15) is 0 Å². The summed E-state index contributed by atoms with van der Waals surface area (Å²) in [5.41, 5.74) is 1.77. The molecule has 232 valence electrons. The number of primary amides is 1. The Morgan fingerprint density at radius 1 is 1.19 bits per heavy atom. The van der Waals surface area contributed by atoms with Crippen molar-refractivity contribution in [2.45, 2.75) is 36.9 Å². The van der Waals surface area contributed by atoms with E-state index in [-0.39, 0.29) is 47.2 Å². The summed E-state index contributed by atoms with van der Waals surface area (Å²) in [5, 5.41) is 48.9. The summed E-state index contributed by atoms with van der Waals surface area (Å²) in [4.78, 5) is 45.2. The minimum Gasteiger partial charge on any atom is -0.508 e. The number of nitrogens with one attached hydrogen (secondary N) is 1. The summed E-state index contributed by atoms with van der Waals surface area (Å²) >= 11 is 0. The van der Waals surface area contributed by atoms with Gasteiger partial charge in [0.1, 0.15) is 28.7 Å². The second-order valence-corrected chi connectivity index (χ2v) is 13.0. The number of aliphatic hydroxyl groups is 3. The maximum Gasteiger partial charge on any atom is 0.255 e. The molecule has 1 saturated carbocycles. The van der Waals surface area contributed by atoms with Crippen LogP contribution < -0.4 is 11.1 Å². The fourth-order valence-electron chi connectivity index (χ4n) is 8.18. The number of aromatic hydroxyl groups is 1. The van der Waals surface area contributed by atoms with Gasteiger partial charge in [-0.05, 0) is 65.8 Å². The smallest absolute Gasteiger partial charge is 0.255 e. The molecule has 0 spiro atoms. The number of amides is 1. The quantitative estimate of drug-likeness (QED) is 0.204. The van der Waals surface area contributed by atoms with E-state index < -0.39 is 69.6 Å². The van der Waals surface area contributed by atoms with Crippen molar-refractivity contribution in [2.75, 3.05) is 59.7 Å². The SMILES string of the molecule is CN(C)CCN1CCC2CNc3c(O)c4c(c(F)c3C21)C[C@H]1C[C@H]2[C@H](N(C)C)C(=O)C(C(N)=O)=C(O)[C@@]2(O)C(=O)C1=C4O. The molecular formula is C30H38FN5O7. The van der Waals surface area contributed by atoms with Gasteiger partial charge in [0, 0.05) is 48.3 Å². The van der Waals surface area contributed by atoms with Crippen LogP contribution in [0.4, 0.5) is 10.1 Å². The molecule has 3 aliphatic carbocycles. The largest absolute Gasteiger partial charge is 0.508 e. The maximum absolute atomic E-state index is 16.7. The summed E-state index contributed by atoms with van der Waals surface area (Å²) < 4.78 is 16.7. The molecule has 13 heteroatoms.